The summed E-state index contributed by atoms with van der Waals surface area (Å²) in [5.41, 5.74) is 0. The summed E-state index contributed by atoms with van der Waals surface area (Å²) in [6.07, 6.45) is 4.59. The van der Waals surface area contributed by atoms with Gasteiger partial charge in [-0.15, -0.1) is 0 Å². The van der Waals surface area contributed by atoms with Gasteiger partial charge < -0.3 is 10.4 Å². The van der Waals surface area contributed by atoms with Crippen molar-refractivity contribution in [2.45, 2.75) is 32.1 Å². The number of likely N-dealkylation sites (tertiary alicyclic amines) is 1. The Hall–Kier alpha value is -1.10. The molecule has 0 bridgehead atoms. The lowest BCUT2D eigenvalue weighted by molar-refractivity contribution is -0.143. The van der Waals surface area contributed by atoms with Gasteiger partial charge in [0.05, 0.1) is 12.6 Å². The number of nitrogens with zero attached hydrogens (tertiary/aromatic N) is 1. The third-order valence-corrected chi connectivity index (χ3v) is 3.89. The van der Waals surface area contributed by atoms with E-state index in [0.29, 0.717) is 19.5 Å². The van der Waals surface area contributed by atoms with Gasteiger partial charge in [0.15, 0.2) is 0 Å². The van der Waals surface area contributed by atoms with Gasteiger partial charge in [0, 0.05) is 19.0 Å². The van der Waals surface area contributed by atoms with Gasteiger partial charge in [-0.05, 0) is 25.7 Å². The summed E-state index contributed by atoms with van der Waals surface area (Å²) in [4.78, 5) is 24.5. The van der Waals surface area contributed by atoms with Crippen LogP contribution in [0.1, 0.15) is 32.1 Å². The molecule has 0 spiro atoms. The molecule has 5 nitrogen and oxygen atoms in total. The van der Waals surface area contributed by atoms with E-state index >= 15 is 0 Å². The highest BCUT2D eigenvalue weighted by Crippen LogP contribution is 2.26. The molecular weight excluding hydrogens is 220 g/mol. The smallest absolute Gasteiger partial charge is 0.306 e. The van der Waals surface area contributed by atoms with E-state index in [1.165, 1.54) is 6.42 Å². The van der Waals surface area contributed by atoms with Gasteiger partial charge in [0.1, 0.15) is 0 Å². The molecule has 2 rings (SSSR count). The molecule has 1 heterocycles. The summed E-state index contributed by atoms with van der Waals surface area (Å²) >= 11 is 0. The van der Waals surface area contributed by atoms with E-state index in [2.05, 4.69) is 10.2 Å². The van der Waals surface area contributed by atoms with Crippen molar-refractivity contribution in [3.63, 3.8) is 0 Å². The lowest BCUT2D eigenvalue weighted by Gasteiger charge is -2.31. The zero-order valence-electron chi connectivity index (χ0n) is 10.0. The molecule has 2 aliphatic rings. The molecule has 0 radical (unpaired) electrons. The average molecular weight is 240 g/mol. The molecule has 0 atom stereocenters. The van der Waals surface area contributed by atoms with Gasteiger partial charge in [-0.2, -0.15) is 0 Å². The van der Waals surface area contributed by atoms with Gasteiger partial charge in [-0.1, -0.05) is 6.42 Å². The Balaban J connectivity index is 1.64. The van der Waals surface area contributed by atoms with Crippen LogP contribution in [0.4, 0.5) is 0 Å². The minimum atomic E-state index is -0.692. The van der Waals surface area contributed by atoms with Gasteiger partial charge in [0.25, 0.3) is 0 Å². The summed E-state index contributed by atoms with van der Waals surface area (Å²) in [7, 11) is 0. The number of aliphatic carboxylic acids is 1. The quantitative estimate of drug-likeness (QED) is 0.757. The Morgan fingerprint density at radius 2 is 1.76 bits per heavy atom. The number of rotatable bonds is 4. The molecule has 0 aromatic heterocycles. The van der Waals surface area contributed by atoms with Gasteiger partial charge >= 0.3 is 5.97 Å². The molecular formula is C12H20N2O3. The Morgan fingerprint density at radius 3 is 2.24 bits per heavy atom. The first-order valence-corrected chi connectivity index (χ1v) is 6.39. The van der Waals surface area contributed by atoms with Crippen LogP contribution in [0.5, 0.6) is 0 Å². The van der Waals surface area contributed by atoms with Crippen LogP contribution in [0.15, 0.2) is 0 Å². The predicted octanol–water partition coefficient (Wildman–Crippen LogP) is 0.657. The van der Waals surface area contributed by atoms with Crippen molar-refractivity contribution in [2.75, 3.05) is 19.8 Å². The van der Waals surface area contributed by atoms with E-state index in [4.69, 9.17) is 5.11 Å². The second-order valence-corrected chi connectivity index (χ2v) is 5.06. The monoisotopic (exact) mass is 240 g/mol. The van der Waals surface area contributed by atoms with Gasteiger partial charge in [0.2, 0.25) is 5.91 Å². The van der Waals surface area contributed by atoms with Crippen LogP contribution in [0.3, 0.4) is 0 Å². The van der Waals surface area contributed by atoms with E-state index in [0.717, 1.165) is 25.9 Å². The summed E-state index contributed by atoms with van der Waals surface area (Å²) in [5, 5.41) is 11.8. The maximum atomic E-state index is 11.6. The van der Waals surface area contributed by atoms with E-state index in [1.54, 1.807) is 0 Å². The van der Waals surface area contributed by atoms with Crippen LogP contribution in [0, 0.1) is 11.8 Å². The minimum Gasteiger partial charge on any atom is -0.481 e. The van der Waals surface area contributed by atoms with Crippen LogP contribution in [0.2, 0.25) is 0 Å². The number of hydrogen-bond acceptors (Lipinski definition) is 3. The molecule has 2 fully saturated rings. The molecule has 1 aliphatic heterocycles. The molecule has 0 unspecified atom stereocenters. The van der Waals surface area contributed by atoms with E-state index in [9.17, 15) is 9.59 Å². The molecule has 2 N–H and O–H groups in total. The Kier molecular flexibility index (Phi) is 3.99. The highest BCUT2D eigenvalue weighted by Gasteiger charge is 2.27. The maximum absolute atomic E-state index is 11.6. The molecule has 1 aliphatic carbocycles. The van der Waals surface area contributed by atoms with Crippen molar-refractivity contribution in [1.82, 2.24) is 10.2 Å². The van der Waals surface area contributed by atoms with Crippen LogP contribution >= 0.6 is 0 Å². The highest BCUT2D eigenvalue weighted by atomic mass is 16.4. The lowest BCUT2D eigenvalue weighted by atomic mass is 9.85. The third-order valence-electron chi connectivity index (χ3n) is 3.89. The van der Waals surface area contributed by atoms with Crippen molar-refractivity contribution in [1.29, 1.82) is 0 Å². The number of carboxylic acids is 1. The number of piperidine rings is 1. The SMILES string of the molecule is O=C(O)C1CCN(CNC(=O)C2CCC2)CC1. The van der Waals surface area contributed by atoms with Crippen molar-refractivity contribution < 1.29 is 14.7 Å². The largest absolute Gasteiger partial charge is 0.481 e. The van der Waals surface area contributed by atoms with Crippen LogP contribution < -0.4 is 5.32 Å². The van der Waals surface area contributed by atoms with Crippen LogP contribution in [-0.4, -0.2) is 41.6 Å². The number of nitrogens with one attached hydrogen (secondary N) is 1. The Bertz CT molecular complexity index is 294. The summed E-state index contributed by atoms with van der Waals surface area (Å²) in [6, 6.07) is 0. The molecule has 0 aromatic rings. The molecule has 1 saturated carbocycles. The first-order chi connectivity index (χ1) is 8.16. The predicted molar refractivity (Wildman–Crippen MR) is 62.3 cm³/mol. The number of carbonyl (C=O) groups excluding carboxylic acids is 1. The fourth-order valence-electron chi connectivity index (χ4n) is 2.34. The highest BCUT2D eigenvalue weighted by molar-refractivity contribution is 5.79. The van der Waals surface area contributed by atoms with Crippen molar-refractivity contribution >= 4 is 11.9 Å². The first-order valence-electron chi connectivity index (χ1n) is 6.39. The minimum absolute atomic E-state index is 0.164. The number of amides is 1. The van der Waals surface area contributed by atoms with Crippen molar-refractivity contribution in [3.05, 3.63) is 0 Å². The lowest BCUT2D eigenvalue weighted by Crippen LogP contribution is -2.45. The second kappa shape index (κ2) is 5.49. The molecule has 0 aromatic carbocycles. The average Bonchev–Trinajstić information content (AvgIpc) is 2.24. The van der Waals surface area contributed by atoms with Crippen molar-refractivity contribution in [3.8, 4) is 0 Å². The normalized spacial score (nSPS) is 23.1. The number of carbonyl (C=O) groups is 2. The summed E-state index contributed by atoms with van der Waals surface area (Å²) < 4.78 is 0. The Morgan fingerprint density at radius 1 is 1.12 bits per heavy atom. The van der Waals surface area contributed by atoms with Crippen LogP contribution in [0.25, 0.3) is 0 Å². The standard InChI is InChI=1S/C12H20N2O3/c15-11(9-2-1-3-9)13-8-14-6-4-10(5-7-14)12(16)17/h9-10H,1-8H2,(H,13,15)(H,16,17). The Labute approximate surface area is 101 Å². The topological polar surface area (TPSA) is 69.6 Å². The van der Waals surface area contributed by atoms with E-state index < -0.39 is 5.97 Å². The maximum Gasteiger partial charge on any atom is 0.306 e. The van der Waals surface area contributed by atoms with Crippen molar-refractivity contribution in [2.24, 2.45) is 11.8 Å². The fourth-order valence-corrected chi connectivity index (χ4v) is 2.34. The molecule has 5 heteroatoms. The van der Waals surface area contributed by atoms with E-state index in [-0.39, 0.29) is 17.7 Å². The van der Waals surface area contributed by atoms with Gasteiger partial charge in [-0.3, -0.25) is 14.5 Å². The number of hydrogen-bond donors (Lipinski definition) is 2. The molecule has 96 valence electrons. The first kappa shape index (κ1) is 12.4. The third kappa shape index (κ3) is 3.19. The number of carboxylic acid groups (broad SMARTS) is 1. The molecule has 17 heavy (non-hydrogen) atoms. The fraction of sp³-hybridized carbons (Fsp3) is 0.833. The van der Waals surface area contributed by atoms with Gasteiger partial charge in [-0.25, -0.2) is 0 Å². The zero-order valence-corrected chi connectivity index (χ0v) is 10.0. The molecule has 1 saturated heterocycles. The van der Waals surface area contributed by atoms with Crippen LogP contribution in [-0.2, 0) is 9.59 Å². The summed E-state index contributed by atoms with van der Waals surface area (Å²) in [6.45, 7) is 2.10. The second-order valence-electron chi connectivity index (χ2n) is 5.06. The molecule has 1 amide bonds. The van der Waals surface area contributed by atoms with E-state index in [1.807, 2.05) is 0 Å². The summed E-state index contributed by atoms with van der Waals surface area (Å²) in [5.74, 6) is -0.500. The zero-order chi connectivity index (χ0) is 12.3.